The van der Waals surface area contributed by atoms with Gasteiger partial charge in [-0.05, 0) is 54.2 Å². The number of rotatable bonds is 9. The zero-order valence-corrected chi connectivity index (χ0v) is 20.1. The highest BCUT2D eigenvalue weighted by Gasteiger charge is 2.45. The van der Waals surface area contributed by atoms with Gasteiger partial charge in [0.2, 0.25) is 0 Å². The van der Waals surface area contributed by atoms with Crippen molar-refractivity contribution >= 4 is 17.4 Å². The second kappa shape index (κ2) is 11.0. The molecule has 2 aromatic carbocycles. The van der Waals surface area contributed by atoms with Gasteiger partial charge in [0.1, 0.15) is 11.5 Å². The van der Waals surface area contributed by atoms with Crippen molar-refractivity contribution < 1.29 is 19.4 Å². The lowest BCUT2D eigenvalue weighted by Crippen LogP contribution is -2.31. The number of ketones is 1. The molecule has 1 atom stereocenters. The first-order valence-electron chi connectivity index (χ1n) is 11.9. The number of likely N-dealkylation sites (tertiary alicyclic amines) is 1. The van der Waals surface area contributed by atoms with Crippen LogP contribution in [0.15, 0.2) is 84.7 Å². The first kappa shape index (κ1) is 24.2. The number of ether oxygens (including phenoxy) is 1. The van der Waals surface area contributed by atoms with Crippen LogP contribution in [0.4, 0.5) is 0 Å². The first-order chi connectivity index (χ1) is 17.0. The van der Waals surface area contributed by atoms with Gasteiger partial charge in [-0.1, -0.05) is 56.3 Å². The largest absolute Gasteiger partial charge is 0.507 e. The third kappa shape index (κ3) is 5.60. The Morgan fingerprint density at radius 1 is 1.03 bits per heavy atom. The van der Waals surface area contributed by atoms with Gasteiger partial charge in [0, 0.05) is 24.5 Å². The maximum atomic E-state index is 13.2. The van der Waals surface area contributed by atoms with Gasteiger partial charge < -0.3 is 14.7 Å². The number of pyridine rings is 1. The topological polar surface area (TPSA) is 79.7 Å². The molecule has 1 N–H and O–H groups in total. The van der Waals surface area contributed by atoms with Gasteiger partial charge >= 0.3 is 0 Å². The smallest absolute Gasteiger partial charge is 0.295 e. The Labute approximate surface area is 205 Å². The van der Waals surface area contributed by atoms with Crippen LogP contribution in [0.3, 0.4) is 0 Å². The summed E-state index contributed by atoms with van der Waals surface area (Å²) in [7, 11) is 0. The molecule has 6 heteroatoms. The minimum absolute atomic E-state index is 0.0774. The maximum absolute atomic E-state index is 13.2. The highest BCUT2D eigenvalue weighted by Crippen LogP contribution is 2.40. The zero-order valence-electron chi connectivity index (χ0n) is 20.1. The standard InChI is InChI=1S/C29H30N2O4/c1-20(2)14-18-35-24-10-6-9-23(19-24)26-25(27(32)22-11-15-30-16-12-22)28(33)29(34)31(26)17-13-21-7-4-3-5-8-21/h3-12,15-16,19-20,26,32H,13-14,17-18H2,1-2H3. The third-order valence-electron chi connectivity index (χ3n) is 6.12. The van der Waals surface area contributed by atoms with Crippen molar-refractivity contribution in [2.45, 2.75) is 32.7 Å². The number of hydrogen-bond acceptors (Lipinski definition) is 5. The molecule has 1 amide bonds. The van der Waals surface area contributed by atoms with Crippen molar-refractivity contribution in [1.29, 1.82) is 0 Å². The molecule has 0 radical (unpaired) electrons. The molecule has 2 heterocycles. The molecule has 0 saturated carbocycles. The molecule has 1 unspecified atom stereocenters. The summed E-state index contributed by atoms with van der Waals surface area (Å²) in [5, 5.41) is 11.1. The zero-order chi connectivity index (χ0) is 24.8. The van der Waals surface area contributed by atoms with Gasteiger partial charge in [-0.15, -0.1) is 0 Å². The lowest BCUT2D eigenvalue weighted by molar-refractivity contribution is -0.139. The lowest BCUT2D eigenvalue weighted by Gasteiger charge is -2.26. The number of Topliss-reactive ketones (excluding diaryl/α,β-unsaturated/α-hetero) is 1. The molecule has 1 fully saturated rings. The fourth-order valence-corrected chi connectivity index (χ4v) is 4.20. The van der Waals surface area contributed by atoms with Gasteiger partial charge in [-0.25, -0.2) is 0 Å². The van der Waals surface area contributed by atoms with Crippen molar-refractivity contribution in [1.82, 2.24) is 9.88 Å². The average Bonchev–Trinajstić information content (AvgIpc) is 3.13. The van der Waals surface area contributed by atoms with Crippen molar-refractivity contribution in [2.24, 2.45) is 5.92 Å². The molecule has 4 rings (SSSR count). The predicted octanol–water partition coefficient (Wildman–Crippen LogP) is 5.17. The molecule has 1 saturated heterocycles. The van der Waals surface area contributed by atoms with Gasteiger partial charge in [0.15, 0.2) is 0 Å². The van der Waals surface area contributed by atoms with Crippen LogP contribution in [0, 0.1) is 5.92 Å². The third-order valence-corrected chi connectivity index (χ3v) is 6.12. The number of benzene rings is 2. The first-order valence-corrected chi connectivity index (χ1v) is 11.9. The van der Waals surface area contributed by atoms with E-state index in [0.717, 1.165) is 17.5 Å². The van der Waals surface area contributed by atoms with E-state index >= 15 is 0 Å². The summed E-state index contributed by atoms with van der Waals surface area (Å²) in [5.74, 6) is -0.329. The van der Waals surface area contributed by atoms with E-state index < -0.39 is 17.7 Å². The van der Waals surface area contributed by atoms with Crippen LogP contribution < -0.4 is 4.74 Å². The van der Waals surface area contributed by atoms with Crippen LogP contribution in [-0.2, 0) is 16.0 Å². The highest BCUT2D eigenvalue weighted by molar-refractivity contribution is 6.46. The van der Waals surface area contributed by atoms with Crippen molar-refractivity contribution in [3.05, 3.63) is 101 Å². The normalized spacial score (nSPS) is 17.2. The van der Waals surface area contributed by atoms with E-state index in [0.29, 0.717) is 36.8 Å². The minimum atomic E-state index is -0.722. The summed E-state index contributed by atoms with van der Waals surface area (Å²) in [4.78, 5) is 31.9. The summed E-state index contributed by atoms with van der Waals surface area (Å²) in [6.07, 6.45) is 4.59. The molecule has 3 aromatic rings. The van der Waals surface area contributed by atoms with E-state index in [1.54, 1.807) is 29.4 Å². The second-order valence-corrected chi connectivity index (χ2v) is 9.07. The molecular weight excluding hydrogens is 440 g/mol. The molecular formula is C29H30N2O4. The van der Waals surface area contributed by atoms with Gasteiger partial charge in [0.05, 0.1) is 18.2 Å². The SMILES string of the molecule is CC(C)CCOc1cccc(C2C(=C(O)c3ccncc3)C(=O)C(=O)N2CCc2ccccc2)c1. The van der Waals surface area contributed by atoms with Gasteiger partial charge in [-0.2, -0.15) is 0 Å². The van der Waals surface area contributed by atoms with Gasteiger partial charge in [-0.3, -0.25) is 14.6 Å². The van der Waals surface area contributed by atoms with E-state index in [-0.39, 0.29) is 11.3 Å². The van der Waals surface area contributed by atoms with Crippen LogP contribution >= 0.6 is 0 Å². The fraction of sp³-hybridized carbons (Fsp3) is 0.276. The van der Waals surface area contributed by atoms with E-state index in [1.807, 2.05) is 54.6 Å². The van der Waals surface area contributed by atoms with Crippen molar-refractivity contribution in [3.8, 4) is 5.75 Å². The number of aromatic nitrogens is 1. The van der Waals surface area contributed by atoms with E-state index in [1.165, 1.54) is 0 Å². The summed E-state index contributed by atoms with van der Waals surface area (Å²) >= 11 is 0. The van der Waals surface area contributed by atoms with Crippen molar-refractivity contribution in [2.75, 3.05) is 13.2 Å². The summed E-state index contributed by atoms with van der Waals surface area (Å²) < 4.78 is 5.94. The number of hydrogen-bond donors (Lipinski definition) is 1. The highest BCUT2D eigenvalue weighted by atomic mass is 16.5. The number of amides is 1. The summed E-state index contributed by atoms with van der Waals surface area (Å²) in [5.41, 5.74) is 2.30. The summed E-state index contributed by atoms with van der Waals surface area (Å²) in [6.45, 7) is 5.19. The second-order valence-electron chi connectivity index (χ2n) is 9.07. The Hall–Kier alpha value is -3.93. The molecule has 6 nitrogen and oxygen atoms in total. The Morgan fingerprint density at radius 3 is 2.49 bits per heavy atom. The number of aliphatic hydroxyl groups is 1. The van der Waals surface area contributed by atoms with E-state index in [2.05, 4.69) is 18.8 Å². The van der Waals surface area contributed by atoms with Crippen LogP contribution in [0.25, 0.3) is 5.76 Å². The Kier molecular flexibility index (Phi) is 7.60. The minimum Gasteiger partial charge on any atom is -0.507 e. The molecule has 180 valence electrons. The molecule has 0 spiro atoms. The molecule has 1 aromatic heterocycles. The molecule has 0 aliphatic carbocycles. The molecule has 0 bridgehead atoms. The van der Waals surface area contributed by atoms with E-state index in [9.17, 15) is 14.7 Å². The lowest BCUT2D eigenvalue weighted by atomic mass is 9.95. The number of aliphatic hydroxyl groups excluding tert-OH is 1. The quantitative estimate of drug-likeness (QED) is 0.265. The van der Waals surface area contributed by atoms with Crippen LogP contribution in [0.5, 0.6) is 5.75 Å². The molecule has 35 heavy (non-hydrogen) atoms. The van der Waals surface area contributed by atoms with E-state index in [4.69, 9.17) is 4.74 Å². The number of carbonyl (C=O) groups excluding carboxylic acids is 2. The Bertz CT molecular complexity index is 1210. The Balaban J connectivity index is 1.72. The molecule has 1 aliphatic heterocycles. The number of nitrogens with zero attached hydrogens (tertiary/aromatic N) is 2. The van der Waals surface area contributed by atoms with Crippen LogP contribution in [0.2, 0.25) is 0 Å². The van der Waals surface area contributed by atoms with Crippen LogP contribution in [0.1, 0.15) is 43.0 Å². The predicted molar refractivity (Wildman–Crippen MR) is 135 cm³/mol. The Morgan fingerprint density at radius 2 is 1.77 bits per heavy atom. The average molecular weight is 471 g/mol. The summed E-state index contributed by atoms with van der Waals surface area (Å²) in [6, 6.07) is 19.8. The number of carbonyl (C=O) groups is 2. The fourth-order valence-electron chi connectivity index (χ4n) is 4.20. The maximum Gasteiger partial charge on any atom is 0.295 e. The van der Waals surface area contributed by atoms with Crippen molar-refractivity contribution in [3.63, 3.8) is 0 Å². The molecule has 1 aliphatic rings. The monoisotopic (exact) mass is 470 g/mol. The van der Waals surface area contributed by atoms with Crippen LogP contribution in [-0.4, -0.2) is 39.8 Å². The van der Waals surface area contributed by atoms with Gasteiger partial charge in [0.25, 0.3) is 11.7 Å².